The van der Waals surface area contributed by atoms with E-state index in [0.717, 1.165) is 4.90 Å². The Morgan fingerprint density at radius 2 is 1.85 bits per heavy atom. The van der Waals surface area contributed by atoms with Crippen LogP contribution >= 0.6 is 11.8 Å². The van der Waals surface area contributed by atoms with E-state index >= 15 is 0 Å². The Labute approximate surface area is 160 Å². The van der Waals surface area contributed by atoms with Gasteiger partial charge in [0.15, 0.2) is 5.76 Å². The molecule has 0 saturated heterocycles. The molecule has 1 unspecified atom stereocenters. The van der Waals surface area contributed by atoms with Crippen molar-refractivity contribution < 1.29 is 18.4 Å². The van der Waals surface area contributed by atoms with Crippen molar-refractivity contribution in [1.29, 1.82) is 0 Å². The maximum absolute atomic E-state index is 13.7. The highest BCUT2D eigenvalue weighted by molar-refractivity contribution is 8.00. The van der Waals surface area contributed by atoms with Crippen LogP contribution in [0.25, 0.3) is 0 Å². The van der Waals surface area contributed by atoms with Crippen LogP contribution in [0.1, 0.15) is 17.5 Å². The van der Waals surface area contributed by atoms with E-state index < -0.39 is 11.1 Å². The second-order valence-electron chi connectivity index (χ2n) is 5.69. The molecule has 0 aliphatic carbocycles. The summed E-state index contributed by atoms with van der Waals surface area (Å²) in [5.41, 5.74) is 0.734. The maximum atomic E-state index is 13.7. The lowest BCUT2D eigenvalue weighted by Crippen LogP contribution is -2.22. The fourth-order valence-electron chi connectivity index (χ4n) is 2.30. The van der Waals surface area contributed by atoms with Gasteiger partial charge in [-0.2, -0.15) is 0 Å². The number of nitrogens with one attached hydrogen (secondary N) is 2. The van der Waals surface area contributed by atoms with Crippen LogP contribution in [0.2, 0.25) is 0 Å². The Morgan fingerprint density at radius 1 is 1.04 bits per heavy atom. The Hall–Kier alpha value is -3.06. The predicted octanol–water partition coefficient (Wildman–Crippen LogP) is 4.79. The van der Waals surface area contributed by atoms with Crippen LogP contribution in [-0.2, 0) is 4.79 Å². The summed E-state index contributed by atoms with van der Waals surface area (Å²) in [4.78, 5) is 25.1. The number of furan rings is 1. The summed E-state index contributed by atoms with van der Waals surface area (Å²) < 4.78 is 18.7. The molecule has 0 aliphatic heterocycles. The highest BCUT2D eigenvalue weighted by Gasteiger charge is 2.16. The van der Waals surface area contributed by atoms with Gasteiger partial charge in [0.2, 0.25) is 5.91 Å². The Kier molecular flexibility index (Phi) is 5.93. The molecule has 2 amide bonds. The van der Waals surface area contributed by atoms with Gasteiger partial charge >= 0.3 is 0 Å². The number of benzene rings is 2. The summed E-state index contributed by atoms with van der Waals surface area (Å²) in [6.45, 7) is 1.73. The van der Waals surface area contributed by atoms with Gasteiger partial charge in [-0.1, -0.05) is 18.2 Å². The van der Waals surface area contributed by atoms with E-state index in [2.05, 4.69) is 10.6 Å². The van der Waals surface area contributed by atoms with E-state index in [1.165, 1.54) is 30.2 Å². The molecular formula is C20H17FN2O3S. The number of hydrogen-bond acceptors (Lipinski definition) is 4. The number of amides is 2. The summed E-state index contributed by atoms with van der Waals surface area (Å²) in [5, 5.41) is 4.86. The van der Waals surface area contributed by atoms with E-state index in [1.807, 2.05) is 6.07 Å². The molecule has 3 rings (SSSR count). The van der Waals surface area contributed by atoms with E-state index in [0.29, 0.717) is 5.69 Å². The molecule has 1 heterocycles. The minimum atomic E-state index is -0.481. The SMILES string of the molecule is CC(Sc1cccc(NC(=O)c2ccco2)c1)C(=O)Nc1ccccc1F. The largest absolute Gasteiger partial charge is 0.459 e. The van der Waals surface area contributed by atoms with Gasteiger partial charge in [-0.25, -0.2) is 4.39 Å². The molecule has 0 saturated carbocycles. The highest BCUT2D eigenvalue weighted by atomic mass is 32.2. The smallest absolute Gasteiger partial charge is 0.291 e. The minimum Gasteiger partial charge on any atom is -0.459 e. The van der Waals surface area contributed by atoms with Crippen molar-refractivity contribution in [3.8, 4) is 0 Å². The fraction of sp³-hybridized carbons (Fsp3) is 0.100. The average Bonchev–Trinajstić information content (AvgIpc) is 3.19. The average molecular weight is 384 g/mol. The molecular weight excluding hydrogens is 367 g/mol. The quantitative estimate of drug-likeness (QED) is 0.600. The number of para-hydroxylation sites is 1. The zero-order valence-electron chi connectivity index (χ0n) is 14.4. The number of anilines is 2. The van der Waals surface area contributed by atoms with Crippen molar-refractivity contribution in [2.45, 2.75) is 17.1 Å². The molecule has 3 aromatic rings. The molecule has 27 heavy (non-hydrogen) atoms. The lowest BCUT2D eigenvalue weighted by Gasteiger charge is -2.13. The number of carbonyl (C=O) groups is 2. The Bertz CT molecular complexity index is 944. The first-order valence-corrected chi connectivity index (χ1v) is 9.08. The third-order valence-electron chi connectivity index (χ3n) is 3.65. The standard InChI is InChI=1S/C20H17FN2O3S/c1-13(19(24)23-17-9-3-2-8-16(17)21)27-15-7-4-6-14(12-15)22-20(25)18-10-5-11-26-18/h2-13H,1H3,(H,22,25)(H,23,24). The van der Waals surface area contributed by atoms with Gasteiger partial charge in [0.05, 0.1) is 17.2 Å². The zero-order valence-corrected chi connectivity index (χ0v) is 15.3. The van der Waals surface area contributed by atoms with Crippen molar-refractivity contribution in [2.75, 3.05) is 10.6 Å². The van der Waals surface area contributed by atoms with E-state index in [1.54, 1.807) is 49.4 Å². The van der Waals surface area contributed by atoms with Crippen LogP contribution < -0.4 is 10.6 Å². The van der Waals surface area contributed by atoms with Gasteiger partial charge in [0.25, 0.3) is 5.91 Å². The molecule has 0 aliphatic rings. The van der Waals surface area contributed by atoms with Crippen LogP contribution in [0, 0.1) is 5.82 Å². The Balaban J connectivity index is 1.62. The molecule has 7 heteroatoms. The van der Waals surface area contributed by atoms with Crippen LogP contribution in [-0.4, -0.2) is 17.1 Å². The van der Waals surface area contributed by atoms with E-state index in [4.69, 9.17) is 4.42 Å². The number of hydrogen-bond donors (Lipinski definition) is 2. The topological polar surface area (TPSA) is 71.3 Å². The number of halogens is 1. The molecule has 2 N–H and O–H groups in total. The molecule has 5 nitrogen and oxygen atoms in total. The first kappa shape index (κ1) is 18.7. The first-order valence-electron chi connectivity index (χ1n) is 8.20. The normalized spacial score (nSPS) is 11.6. The third kappa shape index (κ3) is 4.98. The summed E-state index contributed by atoms with van der Waals surface area (Å²) in [6.07, 6.45) is 1.43. The molecule has 0 radical (unpaired) electrons. The van der Waals surface area contributed by atoms with Gasteiger partial charge in [-0.3, -0.25) is 9.59 Å². The fourth-order valence-corrected chi connectivity index (χ4v) is 3.23. The summed E-state index contributed by atoms with van der Waals surface area (Å²) in [7, 11) is 0. The van der Waals surface area contributed by atoms with E-state index in [9.17, 15) is 14.0 Å². The van der Waals surface area contributed by atoms with Gasteiger partial charge < -0.3 is 15.1 Å². The van der Waals surface area contributed by atoms with E-state index in [-0.39, 0.29) is 23.3 Å². The van der Waals surface area contributed by atoms with Crippen molar-refractivity contribution >= 4 is 35.0 Å². The molecule has 1 aromatic heterocycles. The van der Waals surface area contributed by atoms with Crippen LogP contribution in [0.5, 0.6) is 0 Å². The van der Waals surface area contributed by atoms with Crippen LogP contribution in [0.4, 0.5) is 15.8 Å². The van der Waals surface area contributed by atoms with Gasteiger partial charge in [0.1, 0.15) is 5.82 Å². The summed E-state index contributed by atoms with van der Waals surface area (Å²) in [5.74, 6) is -0.931. The van der Waals surface area contributed by atoms with Crippen molar-refractivity contribution in [3.63, 3.8) is 0 Å². The number of rotatable bonds is 6. The van der Waals surface area contributed by atoms with Crippen LogP contribution in [0.15, 0.2) is 76.2 Å². The third-order valence-corrected chi connectivity index (χ3v) is 4.74. The van der Waals surface area contributed by atoms with Crippen molar-refractivity contribution in [1.82, 2.24) is 0 Å². The zero-order chi connectivity index (χ0) is 19.2. The summed E-state index contributed by atoms with van der Waals surface area (Å²) >= 11 is 1.31. The molecule has 0 fully saturated rings. The van der Waals surface area contributed by atoms with Gasteiger partial charge in [-0.15, -0.1) is 11.8 Å². The van der Waals surface area contributed by atoms with Crippen LogP contribution in [0.3, 0.4) is 0 Å². The van der Waals surface area contributed by atoms with Gasteiger partial charge in [0, 0.05) is 10.6 Å². The lowest BCUT2D eigenvalue weighted by atomic mass is 10.3. The van der Waals surface area contributed by atoms with Crippen molar-refractivity contribution in [3.05, 3.63) is 78.5 Å². The molecule has 0 spiro atoms. The molecule has 1 atom stereocenters. The predicted molar refractivity (Wildman–Crippen MR) is 103 cm³/mol. The highest BCUT2D eigenvalue weighted by Crippen LogP contribution is 2.27. The lowest BCUT2D eigenvalue weighted by molar-refractivity contribution is -0.115. The Morgan fingerprint density at radius 3 is 2.59 bits per heavy atom. The van der Waals surface area contributed by atoms with Gasteiger partial charge in [-0.05, 0) is 49.4 Å². The molecule has 0 bridgehead atoms. The monoisotopic (exact) mass is 384 g/mol. The number of carbonyl (C=O) groups excluding carboxylic acids is 2. The van der Waals surface area contributed by atoms with Crippen molar-refractivity contribution in [2.24, 2.45) is 0 Å². The minimum absolute atomic E-state index is 0.148. The second-order valence-corrected chi connectivity index (χ2v) is 7.10. The summed E-state index contributed by atoms with van der Waals surface area (Å²) in [6, 6.07) is 16.3. The first-order chi connectivity index (χ1) is 13.0. The second kappa shape index (κ2) is 8.55. The maximum Gasteiger partial charge on any atom is 0.291 e. The molecule has 138 valence electrons. The molecule has 2 aromatic carbocycles. The number of thioether (sulfide) groups is 1.